The van der Waals surface area contributed by atoms with Gasteiger partial charge in [0, 0.05) is 25.6 Å². The maximum Gasteiger partial charge on any atom is 0.134 e. The summed E-state index contributed by atoms with van der Waals surface area (Å²) < 4.78 is 0. The molecule has 8 heteroatoms. The van der Waals surface area contributed by atoms with Gasteiger partial charge in [-0.25, -0.2) is 0 Å². The van der Waals surface area contributed by atoms with Gasteiger partial charge in [0.15, 0.2) is 0 Å². The number of aliphatic hydroxyl groups is 2. The summed E-state index contributed by atoms with van der Waals surface area (Å²) in [5.74, 6) is 0.534. The molecule has 3 unspecified atom stereocenters. The van der Waals surface area contributed by atoms with E-state index >= 15 is 0 Å². The number of hydrogen-bond acceptors (Lipinski definition) is 7. The lowest BCUT2D eigenvalue weighted by Gasteiger charge is -2.18. The van der Waals surface area contributed by atoms with E-state index < -0.39 is 12.2 Å². The molecule has 0 aliphatic rings. The third kappa shape index (κ3) is 12.0. The molecule has 0 heterocycles. The van der Waals surface area contributed by atoms with E-state index in [-0.39, 0.29) is 42.3 Å². The summed E-state index contributed by atoms with van der Waals surface area (Å²) in [7, 11) is 0. The first-order valence-corrected chi connectivity index (χ1v) is 16.4. The Kier molecular flexibility index (Phi) is 15.9. The van der Waals surface area contributed by atoms with Crippen LogP contribution in [0.4, 0.5) is 0 Å². The topological polar surface area (TPSA) is 136 Å². The zero-order valence-corrected chi connectivity index (χ0v) is 29.3. The van der Waals surface area contributed by atoms with E-state index in [4.69, 9.17) is 10.8 Å². The number of Topliss-reactive ketones (excluding diaryl/α,β-unsaturated/α-hetero) is 1. The number of ketones is 1. The number of hydrogen-bond donors (Lipinski definition) is 6. The molecule has 0 radical (unpaired) electrons. The highest BCUT2D eigenvalue weighted by atomic mass is 35.5. The highest BCUT2D eigenvalue weighted by molar-refractivity contribution is 5.90. The third-order valence-electron chi connectivity index (χ3n) is 8.12. The number of aromatic hydroxyl groups is 2. The van der Waals surface area contributed by atoms with Gasteiger partial charge in [0.2, 0.25) is 0 Å². The summed E-state index contributed by atoms with van der Waals surface area (Å²) in [6.45, 7) is 4.37. The van der Waals surface area contributed by atoms with Gasteiger partial charge >= 0.3 is 0 Å². The predicted molar refractivity (Wildman–Crippen MR) is 206 cm³/mol. The second-order valence-electron chi connectivity index (χ2n) is 12.1. The van der Waals surface area contributed by atoms with Crippen molar-refractivity contribution in [3.05, 3.63) is 156 Å². The van der Waals surface area contributed by atoms with E-state index in [0.717, 1.165) is 17.5 Å². The van der Waals surface area contributed by atoms with Crippen LogP contribution in [0.25, 0.3) is 21.5 Å². The van der Waals surface area contributed by atoms with Crippen LogP contribution in [0, 0.1) is 0 Å². The van der Waals surface area contributed by atoms with Gasteiger partial charge < -0.3 is 31.5 Å². The molecule has 0 bridgehead atoms. The molecular formula is C42H47ClN2O5. The molecule has 7 N–H and O–H groups in total. The van der Waals surface area contributed by atoms with Crippen molar-refractivity contribution < 1.29 is 25.2 Å². The lowest BCUT2D eigenvalue weighted by atomic mass is 9.99. The molecule has 3 atom stereocenters. The smallest absolute Gasteiger partial charge is 0.134 e. The minimum absolute atomic E-state index is 0. The molecule has 6 aromatic rings. The molecule has 0 aromatic heterocycles. The summed E-state index contributed by atoms with van der Waals surface area (Å²) in [5, 5.41) is 46.3. The van der Waals surface area contributed by atoms with Gasteiger partial charge in [0.1, 0.15) is 17.3 Å². The predicted octanol–water partition coefficient (Wildman–Crippen LogP) is 7.58. The number of nitrogens with one attached hydrogen (secondary N) is 1. The fourth-order valence-corrected chi connectivity index (χ4v) is 5.62. The Hall–Kier alpha value is -4.76. The Morgan fingerprint density at radius 3 is 1.64 bits per heavy atom. The minimum atomic E-state index is -0.679. The first kappa shape index (κ1) is 39.7. The molecule has 0 spiro atoms. The average Bonchev–Trinajstić information content (AvgIpc) is 3.11. The van der Waals surface area contributed by atoms with Crippen molar-refractivity contribution >= 4 is 39.7 Å². The van der Waals surface area contributed by atoms with E-state index in [9.17, 15) is 20.1 Å². The first-order chi connectivity index (χ1) is 23.6. The summed E-state index contributed by atoms with van der Waals surface area (Å²) in [6.07, 6.45) is 0.115. The van der Waals surface area contributed by atoms with Crippen LogP contribution in [0.1, 0.15) is 48.3 Å². The van der Waals surface area contributed by atoms with Crippen molar-refractivity contribution in [1.82, 2.24) is 5.32 Å². The van der Waals surface area contributed by atoms with Crippen LogP contribution in [-0.2, 0) is 17.6 Å². The van der Waals surface area contributed by atoms with Gasteiger partial charge in [-0.2, -0.15) is 0 Å². The molecule has 0 fully saturated rings. The molecule has 0 saturated carbocycles. The van der Waals surface area contributed by atoms with Gasteiger partial charge in [0.05, 0.1) is 12.2 Å². The van der Waals surface area contributed by atoms with E-state index in [1.165, 1.54) is 33.2 Å². The van der Waals surface area contributed by atoms with Crippen LogP contribution in [0.5, 0.6) is 11.5 Å². The SMILES string of the molecule is CC(=O)Cc1cccc2ccccc12.CC(Cc1cccc2ccccc12)NCC(O)c1cccc(O)c1.Cl.NCC(O)c1cccc(O)c1. The van der Waals surface area contributed by atoms with Gasteiger partial charge in [-0.1, -0.05) is 109 Å². The third-order valence-corrected chi connectivity index (χ3v) is 8.12. The Labute approximate surface area is 300 Å². The van der Waals surface area contributed by atoms with Crippen molar-refractivity contribution in [2.24, 2.45) is 5.73 Å². The quantitative estimate of drug-likeness (QED) is 0.0870. The molecule has 0 amide bonds. The van der Waals surface area contributed by atoms with E-state index in [1.54, 1.807) is 43.3 Å². The van der Waals surface area contributed by atoms with Gasteiger partial charge in [-0.15, -0.1) is 12.4 Å². The maximum absolute atomic E-state index is 11.1. The normalized spacial score (nSPS) is 12.3. The number of fused-ring (bicyclic) bond motifs is 2. The molecule has 0 aliphatic carbocycles. The number of phenols is 2. The number of rotatable bonds is 10. The van der Waals surface area contributed by atoms with Crippen molar-refractivity contribution in [2.45, 2.75) is 44.9 Å². The molecule has 7 nitrogen and oxygen atoms in total. The monoisotopic (exact) mass is 694 g/mol. The average molecular weight is 695 g/mol. The number of aliphatic hydroxyl groups excluding tert-OH is 2. The number of carbonyl (C=O) groups is 1. The van der Waals surface area contributed by atoms with E-state index in [1.807, 2.05) is 30.3 Å². The Bertz CT molecular complexity index is 1940. The van der Waals surface area contributed by atoms with Crippen LogP contribution < -0.4 is 11.1 Å². The van der Waals surface area contributed by atoms with Crippen molar-refractivity contribution in [1.29, 1.82) is 0 Å². The van der Waals surface area contributed by atoms with Crippen LogP contribution >= 0.6 is 12.4 Å². The Morgan fingerprint density at radius 1 is 0.660 bits per heavy atom. The molecule has 0 saturated heterocycles. The van der Waals surface area contributed by atoms with Gasteiger partial charge in [-0.3, -0.25) is 4.79 Å². The second-order valence-corrected chi connectivity index (χ2v) is 12.1. The fraction of sp³-hybridized carbons (Fsp3) is 0.214. The summed E-state index contributed by atoms with van der Waals surface area (Å²) >= 11 is 0. The Morgan fingerprint density at radius 2 is 1.12 bits per heavy atom. The zero-order chi connectivity index (χ0) is 35.2. The number of halogens is 1. The largest absolute Gasteiger partial charge is 0.508 e. The van der Waals surface area contributed by atoms with Gasteiger partial charge in [0.25, 0.3) is 0 Å². The second kappa shape index (κ2) is 20.0. The molecular weight excluding hydrogens is 648 g/mol. The molecule has 262 valence electrons. The number of carbonyl (C=O) groups excluding carboxylic acids is 1. The maximum atomic E-state index is 11.1. The van der Waals surface area contributed by atoms with Crippen molar-refractivity contribution in [3.8, 4) is 11.5 Å². The number of phenolic OH excluding ortho intramolecular Hbond substituents is 2. The molecule has 6 aromatic carbocycles. The van der Waals surface area contributed by atoms with E-state index in [0.29, 0.717) is 18.5 Å². The van der Waals surface area contributed by atoms with Crippen LogP contribution in [-0.4, -0.2) is 45.3 Å². The highest BCUT2D eigenvalue weighted by Gasteiger charge is 2.12. The van der Waals surface area contributed by atoms with Crippen LogP contribution in [0.3, 0.4) is 0 Å². The standard InChI is InChI=1S/C21H23NO2.C13H12O.C8H11NO2.ClH/c1-15(22-14-21(24)18-9-5-10-19(23)13-18)12-17-8-4-7-16-6-2-3-11-20(16)17;1-10(14)9-12-7-4-6-11-5-2-3-8-13(11)12;9-5-8(11)6-2-1-3-7(10)4-6;/h2-11,13,15,21-24H,12,14H2,1H3;2-8H,9H2,1H3;1-4,8,10-11H,5,9H2;1H. The molecule has 0 aliphatic heterocycles. The summed E-state index contributed by atoms with van der Waals surface area (Å²) in [6, 6.07) is 42.5. The van der Waals surface area contributed by atoms with Crippen molar-refractivity contribution in [3.63, 3.8) is 0 Å². The minimum Gasteiger partial charge on any atom is -0.508 e. The molecule has 6 rings (SSSR count). The lowest BCUT2D eigenvalue weighted by Crippen LogP contribution is -2.32. The van der Waals surface area contributed by atoms with Crippen LogP contribution in [0.15, 0.2) is 133 Å². The number of benzene rings is 6. The fourth-order valence-electron chi connectivity index (χ4n) is 5.62. The highest BCUT2D eigenvalue weighted by Crippen LogP contribution is 2.22. The zero-order valence-electron chi connectivity index (χ0n) is 28.4. The Balaban J connectivity index is 0.000000221. The summed E-state index contributed by atoms with van der Waals surface area (Å²) in [4.78, 5) is 11.1. The van der Waals surface area contributed by atoms with Gasteiger partial charge in [-0.05, 0) is 88.3 Å². The summed E-state index contributed by atoms with van der Waals surface area (Å²) in [5.41, 5.74) is 9.02. The van der Waals surface area contributed by atoms with Crippen molar-refractivity contribution in [2.75, 3.05) is 13.1 Å². The number of nitrogens with two attached hydrogens (primary N) is 1. The molecule has 50 heavy (non-hydrogen) atoms. The lowest BCUT2D eigenvalue weighted by molar-refractivity contribution is -0.116. The first-order valence-electron chi connectivity index (χ1n) is 16.4. The van der Waals surface area contributed by atoms with E-state index in [2.05, 4.69) is 72.9 Å². The van der Waals surface area contributed by atoms with Crippen LogP contribution in [0.2, 0.25) is 0 Å².